The van der Waals surface area contributed by atoms with Gasteiger partial charge in [0, 0.05) is 12.0 Å². The zero-order valence-corrected chi connectivity index (χ0v) is 24.3. The molecule has 1 aromatic heterocycles. The molecule has 1 aliphatic rings. The number of aromatic nitrogens is 2. The van der Waals surface area contributed by atoms with Gasteiger partial charge in [-0.3, -0.25) is 4.57 Å². The molecular weight excluding hydrogens is 536 g/mol. The highest BCUT2D eigenvalue weighted by atomic mass is 16.5. The molecule has 1 aliphatic heterocycles. The minimum absolute atomic E-state index is 0.820. The molecule has 0 unspecified atom stereocenters. The molecule has 0 fully saturated rings. The molecule has 0 aliphatic carbocycles. The minimum atomic E-state index is 0.820. The van der Waals surface area contributed by atoms with E-state index in [1.54, 1.807) is 0 Å². The number of nitrogens with zero attached hydrogens (tertiary/aromatic N) is 2. The van der Waals surface area contributed by atoms with Crippen LogP contribution in [0, 0.1) is 0 Å². The van der Waals surface area contributed by atoms with Crippen molar-refractivity contribution >= 4 is 32.6 Å². The lowest BCUT2D eigenvalue weighted by Gasteiger charge is -2.25. The minimum Gasteiger partial charge on any atom is -0.453 e. The number of benzene rings is 7. The number of ether oxygens (including phenoxy) is 1. The van der Waals surface area contributed by atoms with Crippen molar-refractivity contribution in [2.45, 2.75) is 13.3 Å². The predicted molar refractivity (Wildman–Crippen MR) is 182 cm³/mol. The summed E-state index contributed by atoms with van der Waals surface area (Å²) in [6.07, 6.45) is 0.820. The van der Waals surface area contributed by atoms with Crippen LogP contribution in [0.4, 0.5) is 0 Å². The molecule has 0 saturated heterocycles. The Balaban J connectivity index is 1.38. The van der Waals surface area contributed by atoms with Gasteiger partial charge < -0.3 is 4.74 Å². The lowest BCUT2D eigenvalue weighted by Crippen LogP contribution is -2.09. The van der Waals surface area contributed by atoms with Crippen LogP contribution < -0.4 is 4.74 Å². The fraction of sp³-hybridized carbons (Fsp3) is 0.0488. The molecule has 7 aromatic carbocycles. The summed E-state index contributed by atoms with van der Waals surface area (Å²) >= 11 is 0. The highest BCUT2D eigenvalue weighted by molar-refractivity contribution is 6.22. The maximum atomic E-state index is 6.58. The number of fused-ring (bicyclic) bond motifs is 4. The summed E-state index contributed by atoms with van der Waals surface area (Å²) in [6, 6.07) is 49.8. The van der Waals surface area contributed by atoms with Crippen LogP contribution >= 0.6 is 0 Å². The van der Waals surface area contributed by atoms with Gasteiger partial charge in [0.1, 0.15) is 11.3 Å². The summed E-state index contributed by atoms with van der Waals surface area (Å²) in [4.78, 5) is 5.03. The SMILES string of the molecule is CCc1nc2cccc3c2n1-c1c(cccc1-c1c2ccccc2c(-c2cccc(-c4ccccc4)c2)c2ccccc12)O3. The lowest BCUT2D eigenvalue weighted by molar-refractivity contribution is 0.474. The summed E-state index contributed by atoms with van der Waals surface area (Å²) < 4.78 is 8.91. The maximum Gasteiger partial charge on any atom is 0.153 e. The first-order chi connectivity index (χ1) is 21.8. The fourth-order valence-corrected chi connectivity index (χ4v) is 7.07. The molecule has 3 heteroatoms. The molecule has 9 rings (SSSR count). The van der Waals surface area contributed by atoms with E-state index >= 15 is 0 Å². The van der Waals surface area contributed by atoms with Crippen LogP contribution in [0.25, 0.3) is 71.6 Å². The van der Waals surface area contributed by atoms with Crippen molar-refractivity contribution in [1.82, 2.24) is 9.55 Å². The number of para-hydroxylation sites is 2. The summed E-state index contributed by atoms with van der Waals surface area (Å²) in [6.45, 7) is 2.17. The van der Waals surface area contributed by atoms with Crippen LogP contribution in [0.2, 0.25) is 0 Å². The summed E-state index contributed by atoms with van der Waals surface area (Å²) in [5.74, 6) is 2.73. The van der Waals surface area contributed by atoms with Crippen molar-refractivity contribution in [2.24, 2.45) is 0 Å². The molecule has 208 valence electrons. The quantitative estimate of drug-likeness (QED) is 0.199. The normalized spacial score (nSPS) is 12.0. The third-order valence-electron chi connectivity index (χ3n) is 8.93. The third kappa shape index (κ3) is 3.59. The number of imidazole rings is 1. The van der Waals surface area contributed by atoms with Crippen molar-refractivity contribution < 1.29 is 4.74 Å². The van der Waals surface area contributed by atoms with E-state index in [2.05, 4.69) is 139 Å². The molecule has 44 heavy (non-hydrogen) atoms. The molecule has 0 N–H and O–H groups in total. The second kappa shape index (κ2) is 9.68. The third-order valence-corrected chi connectivity index (χ3v) is 8.93. The molecule has 0 amide bonds. The smallest absolute Gasteiger partial charge is 0.153 e. The van der Waals surface area contributed by atoms with Gasteiger partial charge in [-0.05, 0) is 73.6 Å². The number of hydrogen-bond donors (Lipinski definition) is 0. The highest BCUT2D eigenvalue weighted by Crippen LogP contribution is 2.50. The molecular formula is C41H28N2O. The predicted octanol–water partition coefficient (Wildman–Crippen LogP) is 11.0. The zero-order valence-electron chi connectivity index (χ0n) is 24.3. The second-order valence-electron chi connectivity index (χ2n) is 11.4. The largest absolute Gasteiger partial charge is 0.453 e. The molecule has 0 saturated carbocycles. The zero-order chi connectivity index (χ0) is 29.2. The first-order valence-corrected chi connectivity index (χ1v) is 15.2. The Hall–Kier alpha value is -5.67. The van der Waals surface area contributed by atoms with Crippen LogP contribution in [-0.2, 0) is 6.42 Å². The molecule has 0 atom stereocenters. The Morgan fingerprint density at radius 3 is 1.86 bits per heavy atom. The number of hydrogen-bond acceptors (Lipinski definition) is 2. The van der Waals surface area contributed by atoms with Crippen molar-refractivity contribution in [3.05, 3.63) is 145 Å². The Labute approximate surface area is 255 Å². The molecule has 0 bridgehead atoms. The Morgan fingerprint density at radius 2 is 1.14 bits per heavy atom. The highest BCUT2D eigenvalue weighted by Gasteiger charge is 2.28. The molecule has 2 heterocycles. The average Bonchev–Trinajstić information content (AvgIpc) is 3.47. The maximum absolute atomic E-state index is 6.58. The van der Waals surface area contributed by atoms with E-state index in [4.69, 9.17) is 9.72 Å². The topological polar surface area (TPSA) is 27.1 Å². The van der Waals surface area contributed by atoms with Crippen LogP contribution in [-0.4, -0.2) is 9.55 Å². The van der Waals surface area contributed by atoms with E-state index in [1.165, 1.54) is 49.4 Å². The van der Waals surface area contributed by atoms with E-state index in [0.717, 1.165) is 46.0 Å². The van der Waals surface area contributed by atoms with E-state index in [9.17, 15) is 0 Å². The Kier molecular flexibility index (Phi) is 5.48. The van der Waals surface area contributed by atoms with Gasteiger partial charge in [-0.15, -0.1) is 0 Å². The average molecular weight is 565 g/mol. The van der Waals surface area contributed by atoms with Gasteiger partial charge in [0.05, 0.1) is 11.2 Å². The second-order valence-corrected chi connectivity index (χ2v) is 11.4. The molecule has 0 radical (unpaired) electrons. The number of aryl methyl sites for hydroxylation is 1. The van der Waals surface area contributed by atoms with Crippen LogP contribution in [0.1, 0.15) is 12.7 Å². The van der Waals surface area contributed by atoms with Gasteiger partial charge in [0.15, 0.2) is 11.5 Å². The van der Waals surface area contributed by atoms with Gasteiger partial charge >= 0.3 is 0 Å². The Bertz CT molecular complexity index is 2340. The van der Waals surface area contributed by atoms with Crippen LogP contribution in [0.15, 0.2) is 140 Å². The first-order valence-electron chi connectivity index (χ1n) is 15.2. The monoisotopic (exact) mass is 564 g/mol. The van der Waals surface area contributed by atoms with Crippen molar-refractivity contribution in [2.75, 3.05) is 0 Å². The summed E-state index contributed by atoms with van der Waals surface area (Å²) in [7, 11) is 0. The van der Waals surface area contributed by atoms with E-state index < -0.39 is 0 Å². The molecule has 8 aromatic rings. The van der Waals surface area contributed by atoms with Gasteiger partial charge in [-0.25, -0.2) is 4.98 Å². The lowest BCUT2D eigenvalue weighted by atomic mass is 9.85. The number of rotatable bonds is 4. The summed E-state index contributed by atoms with van der Waals surface area (Å²) in [5.41, 5.74) is 10.3. The fourth-order valence-electron chi connectivity index (χ4n) is 7.07. The summed E-state index contributed by atoms with van der Waals surface area (Å²) in [5, 5.41) is 4.89. The van der Waals surface area contributed by atoms with E-state index in [-0.39, 0.29) is 0 Å². The molecule has 3 nitrogen and oxygen atoms in total. The van der Waals surface area contributed by atoms with Gasteiger partial charge in [-0.2, -0.15) is 0 Å². The first kappa shape index (κ1) is 24.9. The van der Waals surface area contributed by atoms with Crippen molar-refractivity contribution in [1.29, 1.82) is 0 Å². The van der Waals surface area contributed by atoms with Gasteiger partial charge in [0.2, 0.25) is 0 Å². The van der Waals surface area contributed by atoms with Gasteiger partial charge in [-0.1, -0.05) is 122 Å². The molecule has 0 spiro atoms. The van der Waals surface area contributed by atoms with Crippen molar-refractivity contribution in [3.8, 4) is 50.6 Å². The van der Waals surface area contributed by atoms with E-state index in [0.29, 0.717) is 0 Å². The van der Waals surface area contributed by atoms with E-state index in [1.807, 2.05) is 12.1 Å². The van der Waals surface area contributed by atoms with Gasteiger partial charge in [0.25, 0.3) is 0 Å². The van der Waals surface area contributed by atoms with Crippen LogP contribution in [0.3, 0.4) is 0 Å². The van der Waals surface area contributed by atoms with Crippen molar-refractivity contribution in [3.63, 3.8) is 0 Å². The standard InChI is InChI=1S/C41H28N2O/c1-2-37-42-34-22-12-24-36-41(34)43(37)40-33(21-11-23-35(40)44-36)39-31-19-8-6-17-29(31)38(30-18-7-9-20-32(30)39)28-16-10-15-27(25-28)26-13-4-3-5-14-26/h3-25H,2H2,1H3. The van der Waals surface area contributed by atoms with Crippen LogP contribution in [0.5, 0.6) is 11.5 Å². The Morgan fingerprint density at radius 1 is 0.545 bits per heavy atom.